The van der Waals surface area contributed by atoms with E-state index in [4.69, 9.17) is 9.84 Å². The van der Waals surface area contributed by atoms with Gasteiger partial charge >= 0.3 is 0 Å². The van der Waals surface area contributed by atoms with Crippen molar-refractivity contribution in [2.45, 2.75) is 6.10 Å². The second-order valence-electron chi connectivity index (χ2n) is 3.27. The summed E-state index contributed by atoms with van der Waals surface area (Å²) < 4.78 is 5.56. The largest absolute Gasteiger partial charge is 0.484 e. The van der Waals surface area contributed by atoms with Crippen molar-refractivity contribution in [3.63, 3.8) is 0 Å². The van der Waals surface area contributed by atoms with E-state index in [0.29, 0.717) is 0 Å². The Bertz CT molecular complexity index is 301. The van der Waals surface area contributed by atoms with Gasteiger partial charge in [-0.2, -0.15) is 0 Å². The number of nitrogens with zero attached hydrogens (tertiary/aromatic N) is 1. The molecule has 3 nitrogen and oxygen atoms in total. The van der Waals surface area contributed by atoms with E-state index in [9.17, 15) is 0 Å². The third-order valence-corrected chi connectivity index (χ3v) is 2.25. The van der Waals surface area contributed by atoms with Crippen molar-refractivity contribution in [3.05, 3.63) is 24.3 Å². The lowest BCUT2D eigenvalue weighted by Crippen LogP contribution is -2.39. The summed E-state index contributed by atoms with van der Waals surface area (Å²) in [7, 11) is 2.00. The molecule has 1 atom stereocenters. The zero-order valence-corrected chi connectivity index (χ0v) is 7.60. The van der Waals surface area contributed by atoms with Crippen LogP contribution in [-0.2, 0) is 0 Å². The first kappa shape index (κ1) is 8.38. The van der Waals surface area contributed by atoms with Crippen molar-refractivity contribution in [2.24, 2.45) is 0 Å². The number of anilines is 1. The molecular weight excluding hydrogens is 166 g/mol. The SMILES string of the molecule is CN1C[C@H](CO)Oc2ccccc21. The molecule has 0 aromatic heterocycles. The van der Waals surface area contributed by atoms with E-state index < -0.39 is 0 Å². The first-order valence-electron chi connectivity index (χ1n) is 4.39. The lowest BCUT2D eigenvalue weighted by Gasteiger charge is -2.32. The van der Waals surface area contributed by atoms with Crippen LogP contribution in [0.15, 0.2) is 24.3 Å². The van der Waals surface area contributed by atoms with Crippen molar-refractivity contribution >= 4 is 5.69 Å². The molecule has 1 aliphatic heterocycles. The minimum Gasteiger partial charge on any atom is -0.484 e. The maximum absolute atomic E-state index is 8.98. The van der Waals surface area contributed by atoms with Gasteiger partial charge in [0.15, 0.2) is 0 Å². The highest BCUT2D eigenvalue weighted by Gasteiger charge is 2.21. The van der Waals surface area contributed by atoms with Gasteiger partial charge in [0.05, 0.1) is 18.8 Å². The van der Waals surface area contributed by atoms with Gasteiger partial charge in [0.25, 0.3) is 0 Å². The Morgan fingerprint density at radius 2 is 2.31 bits per heavy atom. The Hall–Kier alpha value is -1.22. The highest BCUT2D eigenvalue weighted by molar-refractivity contribution is 5.59. The standard InChI is InChI=1S/C10H13NO2/c1-11-6-8(7-12)13-10-5-3-2-4-9(10)11/h2-5,8,12H,6-7H2,1H3/t8-/m1/s1. The molecule has 2 rings (SSSR count). The van der Waals surface area contributed by atoms with Gasteiger partial charge in [-0.15, -0.1) is 0 Å². The van der Waals surface area contributed by atoms with E-state index in [2.05, 4.69) is 4.90 Å². The van der Waals surface area contributed by atoms with E-state index in [1.54, 1.807) is 0 Å². The molecule has 0 unspecified atom stereocenters. The van der Waals surface area contributed by atoms with Gasteiger partial charge in [-0.25, -0.2) is 0 Å². The lowest BCUT2D eigenvalue weighted by atomic mass is 10.2. The molecule has 1 N–H and O–H groups in total. The number of para-hydroxylation sites is 2. The van der Waals surface area contributed by atoms with Crippen LogP contribution in [-0.4, -0.2) is 31.4 Å². The summed E-state index contributed by atoms with van der Waals surface area (Å²) in [5.74, 6) is 0.857. The molecule has 0 aliphatic carbocycles. The Kier molecular flexibility index (Phi) is 2.10. The predicted octanol–water partition coefficient (Wildman–Crippen LogP) is 0.876. The molecule has 1 heterocycles. The van der Waals surface area contributed by atoms with Gasteiger partial charge in [0, 0.05) is 7.05 Å². The fourth-order valence-electron chi connectivity index (χ4n) is 1.59. The molecule has 70 valence electrons. The average molecular weight is 179 g/mol. The summed E-state index contributed by atoms with van der Waals surface area (Å²) in [4.78, 5) is 2.10. The van der Waals surface area contributed by atoms with Crippen molar-refractivity contribution in [1.82, 2.24) is 0 Å². The van der Waals surface area contributed by atoms with Crippen LogP contribution in [0.25, 0.3) is 0 Å². The summed E-state index contributed by atoms with van der Waals surface area (Å²) in [6.07, 6.45) is -0.0973. The Morgan fingerprint density at radius 1 is 1.54 bits per heavy atom. The molecule has 0 fully saturated rings. The predicted molar refractivity (Wildman–Crippen MR) is 51.2 cm³/mol. The molecule has 13 heavy (non-hydrogen) atoms. The number of hydrogen-bond donors (Lipinski definition) is 1. The average Bonchev–Trinajstić information content (AvgIpc) is 2.18. The van der Waals surface area contributed by atoms with Crippen molar-refractivity contribution in [3.8, 4) is 5.75 Å². The minimum absolute atomic E-state index is 0.0681. The van der Waals surface area contributed by atoms with Crippen LogP contribution in [0, 0.1) is 0 Å². The molecule has 0 saturated carbocycles. The van der Waals surface area contributed by atoms with Gasteiger partial charge in [0.1, 0.15) is 11.9 Å². The molecule has 1 aromatic rings. The van der Waals surface area contributed by atoms with Gasteiger partial charge in [-0.05, 0) is 12.1 Å². The van der Waals surface area contributed by atoms with Crippen LogP contribution >= 0.6 is 0 Å². The first-order valence-corrected chi connectivity index (χ1v) is 4.39. The maximum atomic E-state index is 8.98. The monoisotopic (exact) mass is 179 g/mol. The lowest BCUT2D eigenvalue weighted by molar-refractivity contribution is 0.113. The fraction of sp³-hybridized carbons (Fsp3) is 0.400. The topological polar surface area (TPSA) is 32.7 Å². The van der Waals surface area contributed by atoms with Crippen LogP contribution in [0.5, 0.6) is 5.75 Å². The highest BCUT2D eigenvalue weighted by Crippen LogP contribution is 2.31. The molecule has 0 saturated heterocycles. The first-order chi connectivity index (χ1) is 6.31. The van der Waals surface area contributed by atoms with Crippen LogP contribution in [0.2, 0.25) is 0 Å². The number of aliphatic hydroxyl groups is 1. The normalized spacial score (nSPS) is 20.8. The zero-order chi connectivity index (χ0) is 9.26. The Labute approximate surface area is 77.6 Å². The summed E-state index contributed by atoms with van der Waals surface area (Å²) >= 11 is 0. The molecule has 1 aromatic carbocycles. The van der Waals surface area contributed by atoms with Gasteiger partial charge in [-0.3, -0.25) is 0 Å². The number of hydrogen-bond acceptors (Lipinski definition) is 3. The Morgan fingerprint density at radius 3 is 3.08 bits per heavy atom. The van der Waals surface area contributed by atoms with Gasteiger partial charge < -0.3 is 14.7 Å². The number of fused-ring (bicyclic) bond motifs is 1. The minimum atomic E-state index is -0.0973. The van der Waals surface area contributed by atoms with Crippen LogP contribution in [0.3, 0.4) is 0 Å². The van der Waals surface area contributed by atoms with Gasteiger partial charge in [-0.1, -0.05) is 12.1 Å². The van der Waals surface area contributed by atoms with Crippen molar-refractivity contribution in [2.75, 3.05) is 25.1 Å². The summed E-state index contributed by atoms with van der Waals surface area (Å²) in [6.45, 7) is 0.812. The van der Waals surface area contributed by atoms with E-state index >= 15 is 0 Å². The summed E-state index contributed by atoms with van der Waals surface area (Å²) in [5.41, 5.74) is 1.09. The summed E-state index contributed by atoms with van der Waals surface area (Å²) in [5, 5.41) is 8.98. The van der Waals surface area contributed by atoms with Crippen LogP contribution in [0.4, 0.5) is 5.69 Å². The van der Waals surface area contributed by atoms with Crippen molar-refractivity contribution in [1.29, 1.82) is 0 Å². The maximum Gasteiger partial charge on any atom is 0.143 e. The Balaban J connectivity index is 2.31. The second-order valence-corrected chi connectivity index (χ2v) is 3.27. The third-order valence-electron chi connectivity index (χ3n) is 2.25. The quantitative estimate of drug-likeness (QED) is 0.694. The molecule has 3 heteroatoms. The molecule has 0 bridgehead atoms. The number of aliphatic hydroxyl groups excluding tert-OH is 1. The second kappa shape index (κ2) is 3.26. The van der Waals surface area contributed by atoms with Crippen LogP contribution < -0.4 is 9.64 Å². The fourth-order valence-corrected chi connectivity index (χ4v) is 1.59. The molecular formula is C10H13NO2. The molecule has 1 aliphatic rings. The highest BCUT2D eigenvalue weighted by atomic mass is 16.5. The van der Waals surface area contributed by atoms with E-state index in [-0.39, 0.29) is 12.7 Å². The van der Waals surface area contributed by atoms with E-state index in [1.165, 1.54) is 0 Å². The van der Waals surface area contributed by atoms with Crippen LogP contribution in [0.1, 0.15) is 0 Å². The summed E-state index contributed by atoms with van der Waals surface area (Å²) in [6, 6.07) is 7.86. The van der Waals surface area contributed by atoms with Gasteiger partial charge in [0.2, 0.25) is 0 Å². The number of likely N-dealkylation sites (N-methyl/N-ethyl adjacent to an activating group) is 1. The van der Waals surface area contributed by atoms with E-state index in [0.717, 1.165) is 18.0 Å². The number of ether oxygens (including phenoxy) is 1. The smallest absolute Gasteiger partial charge is 0.143 e. The zero-order valence-electron chi connectivity index (χ0n) is 7.60. The third kappa shape index (κ3) is 1.47. The number of benzene rings is 1. The van der Waals surface area contributed by atoms with E-state index in [1.807, 2.05) is 31.3 Å². The molecule has 0 amide bonds. The molecule has 0 spiro atoms. The molecule has 0 radical (unpaired) electrons. The van der Waals surface area contributed by atoms with Crippen molar-refractivity contribution < 1.29 is 9.84 Å². The number of rotatable bonds is 1.